The van der Waals surface area contributed by atoms with Gasteiger partial charge in [0.1, 0.15) is 0 Å². The molecule has 1 aliphatic rings. The zero-order valence-electron chi connectivity index (χ0n) is 11.8. The first kappa shape index (κ1) is 15.9. The van der Waals surface area contributed by atoms with Crippen LogP contribution in [0.15, 0.2) is 46.9 Å². The summed E-state index contributed by atoms with van der Waals surface area (Å²) in [5.41, 5.74) is 3.00. The maximum Gasteiger partial charge on any atom is 0.261 e. The van der Waals surface area contributed by atoms with E-state index in [0.717, 1.165) is 21.2 Å². The third kappa shape index (κ3) is 3.50. The van der Waals surface area contributed by atoms with Crippen molar-refractivity contribution in [2.45, 2.75) is 18.9 Å². The molecular weight excluding hydrogens is 372 g/mol. The summed E-state index contributed by atoms with van der Waals surface area (Å²) in [7, 11) is 0. The van der Waals surface area contributed by atoms with Gasteiger partial charge in [-0.2, -0.15) is 0 Å². The lowest BCUT2D eigenvalue weighted by Gasteiger charge is -2.16. The van der Waals surface area contributed by atoms with Gasteiger partial charge in [-0.1, -0.05) is 48.0 Å². The summed E-state index contributed by atoms with van der Waals surface area (Å²) >= 11 is 9.72. The quantitative estimate of drug-likeness (QED) is 0.662. The maximum absolute atomic E-state index is 13.2. The Labute approximate surface area is 142 Å². The van der Waals surface area contributed by atoms with Crippen LogP contribution in [0.25, 0.3) is 11.1 Å². The molecule has 2 aromatic carbocycles. The SMILES string of the molecule is FC1(F)CCN(Cc2ccc(-c3cccc(Br)c3Cl)cc2)C1. The highest BCUT2D eigenvalue weighted by Gasteiger charge is 2.37. The van der Waals surface area contributed by atoms with Crippen molar-refractivity contribution in [1.29, 1.82) is 0 Å². The summed E-state index contributed by atoms with van der Waals surface area (Å²) in [5.74, 6) is -2.54. The molecule has 22 heavy (non-hydrogen) atoms. The van der Waals surface area contributed by atoms with Gasteiger partial charge >= 0.3 is 0 Å². The minimum atomic E-state index is -2.54. The predicted molar refractivity (Wildman–Crippen MR) is 89.4 cm³/mol. The Morgan fingerprint density at radius 2 is 1.86 bits per heavy atom. The molecule has 0 radical (unpaired) electrons. The minimum absolute atomic E-state index is 0.0429. The molecule has 5 heteroatoms. The van der Waals surface area contributed by atoms with Crippen LogP contribution in [0.5, 0.6) is 0 Å². The van der Waals surface area contributed by atoms with E-state index in [9.17, 15) is 8.78 Å². The molecule has 1 fully saturated rings. The molecule has 1 nitrogen and oxygen atoms in total. The molecule has 0 saturated carbocycles. The van der Waals surface area contributed by atoms with Crippen LogP contribution in [0, 0.1) is 0 Å². The van der Waals surface area contributed by atoms with Crippen molar-refractivity contribution in [3.63, 3.8) is 0 Å². The molecule has 0 bridgehead atoms. The van der Waals surface area contributed by atoms with Crippen molar-refractivity contribution in [3.05, 3.63) is 57.5 Å². The van der Waals surface area contributed by atoms with Crippen molar-refractivity contribution in [2.75, 3.05) is 13.1 Å². The lowest BCUT2D eigenvalue weighted by atomic mass is 10.0. The number of hydrogen-bond donors (Lipinski definition) is 0. The molecule has 0 aromatic heterocycles. The van der Waals surface area contributed by atoms with Gasteiger partial charge in [-0.3, -0.25) is 4.90 Å². The second-order valence-corrected chi connectivity index (χ2v) is 6.85. The summed E-state index contributed by atoms with van der Waals surface area (Å²) in [4.78, 5) is 1.79. The summed E-state index contributed by atoms with van der Waals surface area (Å²) in [6, 6.07) is 13.7. The van der Waals surface area contributed by atoms with E-state index in [2.05, 4.69) is 15.9 Å². The average Bonchev–Trinajstić information content (AvgIpc) is 2.82. The van der Waals surface area contributed by atoms with E-state index < -0.39 is 5.92 Å². The van der Waals surface area contributed by atoms with Gasteiger partial charge in [-0.25, -0.2) is 8.78 Å². The number of likely N-dealkylation sites (tertiary alicyclic amines) is 1. The first-order valence-corrected chi connectivity index (χ1v) is 8.25. The van der Waals surface area contributed by atoms with Crippen LogP contribution in [-0.2, 0) is 6.54 Å². The van der Waals surface area contributed by atoms with Gasteiger partial charge < -0.3 is 0 Å². The number of benzene rings is 2. The normalized spacial score (nSPS) is 17.8. The average molecular weight is 387 g/mol. The molecule has 0 aliphatic carbocycles. The molecular formula is C17H15BrClF2N. The Hall–Kier alpha value is -0.970. The third-order valence-corrected chi connectivity index (χ3v) is 5.17. The number of rotatable bonds is 3. The Morgan fingerprint density at radius 3 is 2.50 bits per heavy atom. The predicted octanol–water partition coefficient (Wildman–Crippen LogP) is 5.61. The number of nitrogens with zero attached hydrogens (tertiary/aromatic N) is 1. The van der Waals surface area contributed by atoms with Crippen molar-refractivity contribution in [2.24, 2.45) is 0 Å². The van der Waals surface area contributed by atoms with Gasteiger partial charge in [-0.15, -0.1) is 0 Å². The fraction of sp³-hybridized carbons (Fsp3) is 0.294. The Morgan fingerprint density at radius 1 is 1.14 bits per heavy atom. The summed E-state index contributed by atoms with van der Waals surface area (Å²) in [6.45, 7) is 0.862. The molecule has 0 unspecified atom stereocenters. The van der Waals surface area contributed by atoms with Crippen LogP contribution < -0.4 is 0 Å². The largest absolute Gasteiger partial charge is 0.293 e. The van der Waals surface area contributed by atoms with Crippen molar-refractivity contribution < 1.29 is 8.78 Å². The van der Waals surface area contributed by atoms with Crippen LogP contribution in [0.3, 0.4) is 0 Å². The second-order valence-electron chi connectivity index (χ2n) is 5.61. The highest BCUT2D eigenvalue weighted by atomic mass is 79.9. The van der Waals surface area contributed by atoms with Crippen LogP contribution in [0.4, 0.5) is 8.78 Å². The highest BCUT2D eigenvalue weighted by molar-refractivity contribution is 9.10. The van der Waals surface area contributed by atoms with Gasteiger partial charge in [0.05, 0.1) is 11.6 Å². The monoisotopic (exact) mass is 385 g/mol. The van der Waals surface area contributed by atoms with Crippen LogP contribution in [0.1, 0.15) is 12.0 Å². The molecule has 3 rings (SSSR count). The molecule has 2 aromatic rings. The van der Waals surface area contributed by atoms with E-state index in [4.69, 9.17) is 11.6 Å². The highest BCUT2D eigenvalue weighted by Crippen LogP contribution is 2.34. The van der Waals surface area contributed by atoms with Crippen LogP contribution >= 0.6 is 27.5 Å². The van der Waals surface area contributed by atoms with Crippen LogP contribution in [-0.4, -0.2) is 23.9 Å². The molecule has 0 atom stereocenters. The summed E-state index contributed by atoms with van der Waals surface area (Å²) in [5, 5.41) is 0.675. The third-order valence-electron chi connectivity index (χ3n) is 3.87. The van der Waals surface area contributed by atoms with Gasteiger partial charge in [-0.05, 0) is 33.1 Å². The fourth-order valence-electron chi connectivity index (χ4n) is 2.72. The molecule has 1 aliphatic heterocycles. The molecule has 116 valence electrons. The molecule has 1 heterocycles. The number of halogens is 4. The van der Waals surface area contributed by atoms with Gasteiger partial charge in [0.15, 0.2) is 0 Å². The fourth-order valence-corrected chi connectivity index (χ4v) is 3.32. The zero-order valence-corrected chi connectivity index (χ0v) is 14.2. The summed E-state index contributed by atoms with van der Waals surface area (Å²) < 4.78 is 27.3. The number of hydrogen-bond acceptors (Lipinski definition) is 1. The smallest absolute Gasteiger partial charge is 0.261 e. The van der Waals surface area contributed by atoms with E-state index in [1.54, 1.807) is 4.90 Å². The van der Waals surface area contributed by atoms with E-state index in [1.165, 1.54) is 0 Å². The van der Waals surface area contributed by atoms with E-state index in [1.807, 2.05) is 42.5 Å². The van der Waals surface area contributed by atoms with Gasteiger partial charge in [0, 0.05) is 29.5 Å². The molecule has 1 saturated heterocycles. The molecule has 0 spiro atoms. The Bertz CT molecular complexity index is 673. The number of alkyl halides is 2. The zero-order chi connectivity index (χ0) is 15.7. The Balaban J connectivity index is 1.74. The Kier molecular flexibility index (Phi) is 4.53. The van der Waals surface area contributed by atoms with Crippen molar-refractivity contribution >= 4 is 27.5 Å². The summed E-state index contributed by atoms with van der Waals surface area (Å²) in [6.07, 6.45) is -0.0429. The maximum atomic E-state index is 13.2. The van der Waals surface area contributed by atoms with E-state index in [-0.39, 0.29) is 13.0 Å². The lowest BCUT2D eigenvalue weighted by molar-refractivity contribution is 0.0115. The molecule has 0 N–H and O–H groups in total. The van der Waals surface area contributed by atoms with Crippen LogP contribution in [0.2, 0.25) is 5.02 Å². The first-order valence-electron chi connectivity index (χ1n) is 7.08. The van der Waals surface area contributed by atoms with E-state index in [0.29, 0.717) is 18.1 Å². The van der Waals surface area contributed by atoms with Crippen molar-refractivity contribution in [1.82, 2.24) is 4.90 Å². The van der Waals surface area contributed by atoms with E-state index >= 15 is 0 Å². The standard InChI is InChI=1S/C17H15BrClF2N/c18-15-3-1-2-14(16(15)19)13-6-4-12(5-7-13)10-22-9-8-17(20,21)11-22/h1-7H,8-11H2. The topological polar surface area (TPSA) is 3.24 Å². The second kappa shape index (κ2) is 6.26. The minimum Gasteiger partial charge on any atom is -0.293 e. The van der Waals surface area contributed by atoms with Gasteiger partial charge in [0.25, 0.3) is 5.92 Å². The lowest BCUT2D eigenvalue weighted by Crippen LogP contribution is -2.24. The van der Waals surface area contributed by atoms with Gasteiger partial charge in [0.2, 0.25) is 0 Å². The molecule has 0 amide bonds. The first-order chi connectivity index (χ1) is 10.4. The van der Waals surface area contributed by atoms with Crippen molar-refractivity contribution in [3.8, 4) is 11.1 Å².